The molecule has 2 atom stereocenters. The van der Waals surface area contributed by atoms with Gasteiger partial charge >= 0.3 is 0 Å². The summed E-state index contributed by atoms with van der Waals surface area (Å²) in [5.41, 5.74) is 2.30. The average molecular weight is 391 g/mol. The summed E-state index contributed by atoms with van der Waals surface area (Å²) >= 11 is 1.59. The summed E-state index contributed by atoms with van der Waals surface area (Å²) in [5.74, 6) is 2.03. The lowest BCUT2D eigenvalue weighted by atomic mass is 9.98. The summed E-state index contributed by atoms with van der Waals surface area (Å²) in [6, 6.07) is 22.2. The lowest BCUT2D eigenvalue weighted by Gasteiger charge is -2.23. The Morgan fingerprint density at radius 3 is 2.39 bits per heavy atom. The lowest BCUT2D eigenvalue weighted by Crippen LogP contribution is -2.26. The number of hydrogen-bond donors (Lipinski definition) is 1. The van der Waals surface area contributed by atoms with Crippen molar-refractivity contribution in [1.82, 2.24) is 15.5 Å². The van der Waals surface area contributed by atoms with Crippen LogP contribution in [0, 0.1) is 0 Å². The first-order chi connectivity index (χ1) is 13.7. The topological polar surface area (TPSA) is 60.2 Å². The number of benzene rings is 2. The van der Waals surface area contributed by atoms with E-state index in [1.165, 1.54) is 0 Å². The van der Waals surface area contributed by atoms with E-state index in [1.54, 1.807) is 18.4 Å². The molecule has 1 N–H and O–H groups in total. The van der Waals surface area contributed by atoms with Crippen LogP contribution >= 0.6 is 11.3 Å². The standard InChI is InChI=1S/C22H21N3O2S/c1-15(22-24-21(25-27-22)19-9-6-14-28-19)23-20(16-7-4-3-5-8-16)17-10-12-18(26-2)13-11-17/h3-15,20,23H,1-2H3. The van der Waals surface area contributed by atoms with Crippen molar-refractivity contribution in [2.24, 2.45) is 0 Å². The van der Waals surface area contributed by atoms with Gasteiger partial charge in [0.05, 0.1) is 24.1 Å². The molecule has 0 radical (unpaired) electrons. The minimum absolute atomic E-state index is 0.0146. The minimum atomic E-state index is -0.117. The van der Waals surface area contributed by atoms with Gasteiger partial charge in [0.15, 0.2) is 0 Å². The average Bonchev–Trinajstić information content (AvgIpc) is 3.44. The van der Waals surface area contributed by atoms with Gasteiger partial charge in [0.25, 0.3) is 0 Å². The Bertz CT molecular complexity index is 998. The van der Waals surface area contributed by atoms with Crippen molar-refractivity contribution >= 4 is 11.3 Å². The fourth-order valence-corrected chi connectivity index (χ4v) is 3.71. The van der Waals surface area contributed by atoms with Crippen molar-refractivity contribution in [2.75, 3.05) is 7.11 Å². The molecule has 4 aromatic rings. The monoisotopic (exact) mass is 391 g/mol. The highest BCUT2D eigenvalue weighted by Gasteiger charge is 2.21. The van der Waals surface area contributed by atoms with Crippen LogP contribution in [0.1, 0.15) is 36.0 Å². The van der Waals surface area contributed by atoms with E-state index in [9.17, 15) is 0 Å². The maximum Gasteiger partial charge on any atom is 0.243 e. The van der Waals surface area contributed by atoms with Gasteiger partial charge in [-0.25, -0.2) is 0 Å². The molecule has 2 aromatic heterocycles. The molecular formula is C22H21N3O2S. The Morgan fingerprint density at radius 1 is 0.964 bits per heavy atom. The number of nitrogens with one attached hydrogen (secondary N) is 1. The van der Waals surface area contributed by atoms with Crippen LogP contribution in [-0.2, 0) is 0 Å². The van der Waals surface area contributed by atoms with Crippen LogP contribution in [-0.4, -0.2) is 17.3 Å². The van der Waals surface area contributed by atoms with Crippen molar-refractivity contribution in [3.05, 3.63) is 89.1 Å². The predicted octanol–water partition coefficient (Wildman–Crippen LogP) is 5.25. The van der Waals surface area contributed by atoms with Gasteiger partial charge in [-0.2, -0.15) is 4.98 Å². The van der Waals surface area contributed by atoms with E-state index in [0.717, 1.165) is 21.8 Å². The molecule has 0 saturated heterocycles. The lowest BCUT2D eigenvalue weighted by molar-refractivity contribution is 0.331. The Labute approximate surface area is 168 Å². The second-order valence-corrected chi connectivity index (χ2v) is 7.39. The smallest absolute Gasteiger partial charge is 0.243 e. The molecule has 2 heterocycles. The van der Waals surface area contributed by atoms with E-state index in [-0.39, 0.29) is 12.1 Å². The van der Waals surface area contributed by atoms with Crippen LogP contribution in [0.4, 0.5) is 0 Å². The third-order valence-corrected chi connectivity index (χ3v) is 5.42. The van der Waals surface area contributed by atoms with Gasteiger partial charge in [0.1, 0.15) is 5.75 Å². The fraction of sp³-hybridized carbons (Fsp3) is 0.182. The third kappa shape index (κ3) is 3.98. The molecule has 4 rings (SSSR count). The fourth-order valence-electron chi connectivity index (χ4n) is 3.06. The number of thiophene rings is 1. The van der Waals surface area contributed by atoms with E-state index in [2.05, 4.69) is 39.7 Å². The van der Waals surface area contributed by atoms with Gasteiger partial charge in [0, 0.05) is 0 Å². The van der Waals surface area contributed by atoms with Crippen LogP contribution < -0.4 is 10.1 Å². The van der Waals surface area contributed by atoms with Crippen molar-refractivity contribution < 1.29 is 9.26 Å². The number of methoxy groups -OCH3 is 1. The van der Waals surface area contributed by atoms with Gasteiger partial charge in [-0.3, -0.25) is 5.32 Å². The van der Waals surface area contributed by atoms with Crippen molar-refractivity contribution in [2.45, 2.75) is 19.0 Å². The molecule has 0 saturated carbocycles. The zero-order chi connectivity index (χ0) is 19.3. The third-order valence-electron chi connectivity index (χ3n) is 4.55. The van der Waals surface area contributed by atoms with Crippen LogP contribution in [0.5, 0.6) is 5.75 Å². The van der Waals surface area contributed by atoms with Crippen molar-refractivity contribution in [1.29, 1.82) is 0 Å². The van der Waals surface area contributed by atoms with Gasteiger partial charge in [0.2, 0.25) is 11.7 Å². The highest BCUT2D eigenvalue weighted by molar-refractivity contribution is 7.13. The second-order valence-electron chi connectivity index (χ2n) is 6.44. The van der Waals surface area contributed by atoms with E-state index in [4.69, 9.17) is 9.26 Å². The van der Waals surface area contributed by atoms with E-state index >= 15 is 0 Å². The zero-order valence-electron chi connectivity index (χ0n) is 15.7. The largest absolute Gasteiger partial charge is 0.497 e. The van der Waals surface area contributed by atoms with Gasteiger partial charge in [-0.05, 0) is 41.6 Å². The molecule has 6 heteroatoms. The molecule has 28 heavy (non-hydrogen) atoms. The molecule has 2 aromatic carbocycles. The first kappa shape index (κ1) is 18.4. The molecule has 0 bridgehead atoms. The molecule has 0 aliphatic carbocycles. The number of hydrogen-bond acceptors (Lipinski definition) is 6. The number of rotatable bonds is 7. The first-order valence-electron chi connectivity index (χ1n) is 9.07. The van der Waals surface area contributed by atoms with E-state index < -0.39 is 0 Å². The van der Waals surface area contributed by atoms with Crippen molar-refractivity contribution in [3.8, 4) is 16.5 Å². The highest BCUT2D eigenvalue weighted by Crippen LogP contribution is 2.28. The van der Waals surface area contributed by atoms with E-state index in [1.807, 2.05) is 54.8 Å². The van der Waals surface area contributed by atoms with Crippen LogP contribution in [0.15, 0.2) is 76.6 Å². The number of ether oxygens (including phenoxy) is 1. The number of nitrogens with zero attached hydrogens (tertiary/aromatic N) is 2. The molecule has 0 fully saturated rings. The highest BCUT2D eigenvalue weighted by atomic mass is 32.1. The summed E-state index contributed by atoms with van der Waals surface area (Å²) in [7, 11) is 1.67. The molecule has 0 aliphatic rings. The molecular weight excluding hydrogens is 370 g/mol. The molecule has 142 valence electrons. The van der Waals surface area contributed by atoms with Gasteiger partial charge in [-0.15, -0.1) is 11.3 Å². The minimum Gasteiger partial charge on any atom is -0.497 e. The maximum atomic E-state index is 5.52. The van der Waals surface area contributed by atoms with Crippen LogP contribution in [0.2, 0.25) is 0 Å². The second kappa shape index (κ2) is 8.37. The molecule has 0 amide bonds. The summed E-state index contributed by atoms with van der Waals surface area (Å²) in [6.45, 7) is 2.03. The predicted molar refractivity (Wildman–Crippen MR) is 110 cm³/mol. The Hall–Kier alpha value is -2.96. The Kier molecular flexibility index (Phi) is 5.50. The summed E-state index contributed by atoms with van der Waals surface area (Å²) in [5, 5.41) is 9.75. The van der Waals surface area contributed by atoms with E-state index in [0.29, 0.717) is 11.7 Å². The quantitative estimate of drug-likeness (QED) is 0.466. The van der Waals surface area contributed by atoms with Crippen molar-refractivity contribution in [3.63, 3.8) is 0 Å². The van der Waals surface area contributed by atoms with Crippen LogP contribution in [0.25, 0.3) is 10.7 Å². The summed E-state index contributed by atoms with van der Waals surface area (Å²) < 4.78 is 10.8. The summed E-state index contributed by atoms with van der Waals surface area (Å²) in [6.07, 6.45) is 0. The van der Waals surface area contributed by atoms with Crippen LogP contribution in [0.3, 0.4) is 0 Å². The van der Waals surface area contributed by atoms with Gasteiger partial charge < -0.3 is 9.26 Å². The summed E-state index contributed by atoms with van der Waals surface area (Å²) in [4.78, 5) is 5.57. The molecule has 5 nitrogen and oxygen atoms in total. The zero-order valence-corrected chi connectivity index (χ0v) is 16.5. The SMILES string of the molecule is COc1ccc(C(NC(C)c2nc(-c3cccs3)no2)c2ccccc2)cc1. The molecule has 2 unspecified atom stereocenters. The Morgan fingerprint density at radius 2 is 1.71 bits per heavy atom. The maximum absolute atomic E-state index is 5.52. The first-order valence-corrected chi connectivity index (χ1v) is 9.95. The van der Waals surface area contributed by atoms with Gasteiger partial charge in [-0.1, -0.05) is 53.7 Å². The molecule has 0 aliphatic heterocycles. The number of aromatic nitrogens is 2. The molecule has 0 spiro atoms. The normalized spacial score (nSPS) is 13.2. The Balaban J connectivity index is 1.60.